The van der Waals surface area contributed by atoms with E-state index >= 15 is 0 Å². The molecule has 1 rings (SSSR count). The van der Waals surface area contributed by atoms with Gasteiger partial charge in [-0.2, -0.15) is 0 Å². The van der Waals surface area contributed by atoms with Crippen molar-refractivity contribution in [1.29, 1.82) is 0 Å². The van der Waals surface area contributed by atoms with Crippen LogP contribution in [0.3, 0.4) is 0 Å². The molecule has 0 saturated heterocycles. The Labute approximate surface area is 102 Å². The molecule has 1 heterocycles. The number of halogens is 1. The normalized spacial score (nSPS) is 10.1. The molecule has 0 aliphatic rings. The molecule has 0 atom stereocenters. The van der Waals surface area contributed by atoms with Crippen LogP contribution in [-0.4, -0.2) is 42.7 Å². The summed E-state index contributed by atoms with van der Waals surface area (Å²) >= 11 is 0. The van der Waals surface area contributed by atoms with Gasteiger partial charge in [-0.1, -0.05) is 0 Å². The van der Waals surface area contributed by atoms with E-state index in [4.69, 9.17) is 14.6 Å². The van der Waals surface area contributed by atoms with Gasteiger partial charge in [0, 0.05) is 0 Å². The first-order valence-corrected chi connectivity index (χ1v) is 5.10. The van der Waals surface area contributed by atoms with Crippen LogP contribution in [-0.2, 0) is 23.1 Å². The molecular formula is C10H19ClN2O3. The Kier molecular flexibility index (Phi) is 9.22. The fraction of sp³-hybridized carbons (Fsp3) is 0.700. The maximum absolute atomic E-state index is 8.45. The minimum absolute atomic E-state index is 0. The average molecular weight is 251 g/mol. The van der Waals surface area contributed by atoms with Gasteiger partial charge in [-0.3, -0.25) is 0 Å². The highest BCUT2D eigenvalue weighted by molar-refractivity contribution is 4.61. The molecule has 5 nitrogen and oxygen atoms in total. The van der Waals surface area contributed by atoms with Crippen molar-refractivity contribution in [3.8, 4) is 0 Å². The van der Waals surface area contributed by atoms with Gasteiger partial charge < -0.3 is 27.0 Å². The molecule has 0 amide bonds. The largest absolute Gasteiger partial charge is 1.00 e. The predicted octanol–water partition coefficient (Wildman–Crippen LogP) is -3.66. The van der Waals surface area contributed by atoms with E-state index in [1.165, 1.54) is 0 Å². The summed E-state index contributed by atoms with van der Waals surface area (Å²) in [7, 11) is 1.99. The Morgan fingerprint density at radius 1 is 1.19 bits per heavy atom. The smallest absolute Gasteiger partial charge is 0.243 e. The molecule has 94 valence electrons. The molecule has 1 aromatic heterocycles. The number of imidazole rings is 1. The molecule has 16 heavy (non-hydrogen) atoms. The summed E-state index contributed by atoms with van der Waals surface area (Å²) in [6.07, 6.45) is 6.00. The molecule has 1 aromatic rings. The summed E-state index contributed by atoms with van der Waals surface area (Å²) in [5, 5.41) is 8.45. The first-order chi connectivity index (χ1) is 7.33. The van der Waals surface area contributed by atoms with Crippen LogP contribution in [0, 0.1) is 0 Å². The third-order valence-electron chi connectivity index (χ3n) is 1.93. The van der Waals surface area contributed by atoms with Crippen LogP contribution in [0.4, 0.5) is 0 Å². The lowest BCUT2D eigenvalue weighted by Crippen LogP contribution is -3.00. The van der Waals surface area contributed by atoms with E-state index in [1.54, 1.807) is 0 Å². The number of nitrogens with zero attached hydrogens (tertiary/aromatic N) is 2. The van der Waals surface area contributed by atoms with Crippen LogP contribution in [0.2, 0.25) is 0 Å². The molecule has 0 aliphatic heterocycles. The molecule has 0 saturated carbocycles. The number of aliphatic hydroxyl groups is 1. The molecule has 0 fully saturated rings. The summed E-state index contributed by atoms with van der Waals surface area (Å²) < 4.78 is 14.5. The van der Waals surface area contributed by atoms with Crippen molar-refractivity contribution >= 4 is 0 Å². The quantitative estimate of drug-likeness (QED) is 0.382. The van der Waals surface area contributed by atoms with Crippen molar-refractivity contribution in [2.45, 2.75) is 6.54 Å². The fourth-order valence-electron chi connectivity index (χ4n) is 1.19. The first-order valence-electron chi connectivity index (χ1n) is 5.10. The maximum Gasteiger partial charge on any atom is 0.243 e. The van der Waals surface area contributed by atoms with E-state index in [0.717, 1.165) is 6.54 Å². The standard InChI is InChI=1S/C10H19N2O3.ClH/c1-11-2-3-12(10-11)4-6-14-8-9-15-7-5-13;/h2-3,10,13H,4-9H2,1H3;1H/q+1;/p-1. The third-order valence-corrected chi connectivity index (χ3v) is 1.93. The predicted molar refractivity (Wildman–Crippen MR) is 54.3 cm³/mol. The maximum atomic E-state index is 8.45. The number of aryl methyl sites for hydroxylation is 1. The second-order valence-electron chi connectivity index (χ2n) is 3.27. The van der Waals surface area contributed by atoms with E-state index in [9.17, 15) is 0 Å². The molecular weight excluding hydrogens is 232 g/mol. The topological polar surface area (TPSA) is 47.5 Å². The van der Waals surface area contributed by atoms with Crippen LogP contribution in [0.15, 0.2) is 18.7 Å². The Morgan fingerprint density at radius 3 is 2.44 bits per heavy atom. The molecule has 0 bridgehead atoms. The molecule has 0 radical (unpaired) electrons. The summed E-state index contributed by atoms with van der Waals surface area (Å²) in [6, 6.07) is 0. The molecule has 1 N–H and O–H groups in total. The highest BCUT2D eigenvalue weighted by Gasteiger charge is 1.98. The number of hydrogen-bond donors (Lipinski definition) is 1. The van der Waals surface area contributed by atoms with Crippen molar-refractivity contribution in [2.75, 3.05) is 33.0 Å². The van der Waals surface area contributed by atoms with Gasteiger partial charge in [-0.25, -0.2) is 9.13 Å². The van der Waals surface area contributed by atoms with Gasteiger partial charge in [-0.15, -0.1) is 0 Å². The number of ether oxygens (including phenoxy) is 2. The highest BCUT2D eigenvalue weighted by atomic mass is 35.5. The summed E-state index contributed by atoms with van der Waals surface area (Å²) in [4.78, 5) is 0. The van der Waals surface area contributed by atoms with Gasteiger partial charge >= 0.3 is 0 Å². The van der Waals surface area contributed by atoms with Gasteiger partial charge in [0.25, 0.3) is 0 Å². The van der Waals surface area contributed by atoms with Crippen molar-refractivity contribution in [1.82, 2.24) is 4.57 Å². The lowest BCUT2D eigenvalue weighted by molar-refractivity contribution is -0.697. The lowest BCUT2D eigenvalue weighted by Gasteiger charge is -2.03. The van der Waals surface area contributed by atoms with Crippen molar-refractivity contribution in [3.05, 3.63) is 18.7 Å². The Balaban J connectivity index is 0.00000225. The average Bonchev–Trinajstić information content (AvgIpc) is 2.63. The van der Waals surface area contributed by atoms with E-state index in [2.05, 4.69) is 4.57 Å². The molecule has 0 unspecified atom stereocenters. The van der Waals surface area contributed by atoms with Crippen LogP contribution in [0.25, 0.3) is 0 Å². The Morgan fingerprint density at radius 2 is 1.88 bits per heavy atom. The van der Waals surface area contributed by atoms with Gasteiger partial charge in [0.1, 0.15) is 18.9 Å². The van der Waals surface area contributed by atoms with Crippen LogP contribution >= 0.6 is 0 Å². The van der Waals surface area contributed by atoms with Crippen molar-refractivity contribution in [2.24, 2.45) is 7.05 Å². The second kappa shape index (κ2) is 9.59. The number of aromatic nitrogens is 2. The summed E-state index contributed by atoms with van der Waals surface area (Å²) in [5.74, 6) is 0. The third kappa shape index (κ3) is 6.79. The van der Waals surface area contributed by atoms with E-state index < -0.39 is 0 Å². The van der Waals surface area contributed by atoms with Crippen LogP contribution in [0.1, 0.15) is 0 Å². The molecule has 0 spiro atoms. The number of rotatable bonds is 8. The first kappa shape index (κ1) is 15.4. The Hall–Kier alpha value is -0.620. The van der Waals surface area contributed by atoms with Gasteiger partial charge in [0.05, 0.1) is 40.1 Å². The monoisotopic (exact) mass is 250 g/mol. The van der Waals surface area contributed by atoms with E-state index in [0.29, 0.717) is 26.4 Å². The molecule has 6 heteroatoms. The number of hydrogen-bond acceptors (Lipinski definition) is 3. The van der Waals surface area contributed by atoms with Gasteiger partial charge in [0.15, 0.2) is 0 Å². The fourth-order valence-corrected chi connectivity index (χ4v) is 1.19. The molecule has 0 aliphatic carbocycles. The van der Waals surface area contributed by atoms with Gasteiger partial charge in [0.2, 0.25) is 6.33 Å². The van der Waals surface area contributed by atoms with Crippen LogP contribution < -0.4 is 17.0 Å². The zero-order chi connectivity index (χ0) is 10.9. The van der Waals surface area contributed by atoms with E-state index in [-0.39, 0.29) is 19.0 Å². The summed E-state index contributed by atoms with van der Waals surface area (Å²) in [6.45, 7) is 3.10. The highest BCUT2D eigenvalue weighted by Crippen LogP contribution is 1.81. The minimum atomic E-state index is 0. The SMILES string of the molecule is Cn1cc[n+](CCOCCOCCO)c1.[Cl-]. The minimum Gasteiger partial charge on any atom is -1.00 e. The van der Waals surface area contributed by atoms with E-state index in [1.807, 2.05) is 30.3 Å². The van der Waals surface area contributed by atoms with Gasteiger partial charge in [-0.05, 0) is 0 Å². The number of aliphatic hydroxyl groups excluding tert-OH is 1. The van der Waals surface area contributed by atoms with Crippen molar-refractivity contribution in [3.63, 3.8) is 0 Å². The lowest BCUT2D eigenvalue weighted by atomic mass is 10.6. The second-order valence-corrected chi connectivity index (χ2v) is 3.27. The zero-order valence-electron chi connectivity index (χ0n) is 9.51. The Bertz CT molecular complexity index is 268. The zero-order valence-corrected chi connectivity index (χ0v) is 10.3. The van der Waals surface area contributed by atoms with Crippen LogP contribution in [0.5, 0.6) is 0 Å². The summed E-state index contributed by atoms with van der Waals surface area (Å²) in [5.41, 5.74) is 0. The van der Waals surface area contributed by atoms with Crippen molar-refractivity contribution < 1.29 is 31.6 Å². The molecule has 0 aromatic carbocycles.